The maximum Gasteiger partial charge on any atom is 0.340 e. The van der Waals surface area contributed by atoms with E-state index in [2.05, 4.69) is 10.3 Å². The Morgan fingerprint density at radius 1 is 1.14 bits per heavy atom. The highest BCUT2D eigenvalue weighted by Gasteiger charge is 2.22. The van der Waals surface area contributed by atoms with Crippen molar-refractivity contribution >= 4 is 22.8 Å². The Morgan fingerprint density at radius 2 is 1.86 bits per heavy atom. The number of benzene rings is 1. The Kier molecular flexibility index (Phi) is 6.98. The summed E-state index contributed by atoms with van der Waals surface area (Å²) in [6.45, 7) is 1.78. The van der Waals surface area contributed by atoms with Crippen molar-refractivity contribution in [3.05, 3.63) is 41.1 Å². The van der Waals surface area contributed by atoms with Crippen molar-refractivity contribution < 1.29 is 19.1 Å². The molecule has 1 aliphatic rings. The Morgan fingerprint density at radius 3 is 2.57 bits per heavy atom. The largest absolute Gasteiger partial charge is 0.452 e. The maximum atomic E-state index is 12.8. The van der Waals surface area contributed by atoms with Gasteiger partial charge in [-0.1, -0.05) is 43.9 Å². The zero-order chi connectivity index (χ0) is 19.9. The number of methoxy groups -OCH3 is 1. The van der Waals surface area contributed by atoms with Gasteiger partial charge in [-0.2, -0.15) is 0 Å². The zero-order valence-corrected chi connectivity index (χ0v) is 16.6. The van der Waals surface area contributed by atoms with E-state index < -0.39 is 5.97 Å². The third-order valence-corrected chi connectivity index (χ3v) is 5.27. The molecule has 28 heavy (non-hydrogen) atoms. The lowest BCUT2D eigenvalue weighted by atomic mass is 10.0. The minimum Gasteiger partial charge on any atom is -0.452 e. The number of amides is 1. The van der Waals surface area contributed by atoms with Crippen LogP contribution in [0.3, 0.4) is 0 Å². The highest BCUT2D eigenvalue weighted by Crippen LogP contribution is 2.24. The van der Waals surface area contributed by atoms with Crippen LogP contribution in [0.4, 0.5) is 0 Å². The summed E-state index contributed by atoms with van der Waals surface area (Å²) < 4.78 is 10.5. The predicted octanol–water partition coefficient (Wildman–Crippen LogP) is 3.69. The molecule has 6 heteroatoms. The van der Waals surface area contributed by atoms with Gasteiger partial charge in [-0.25, -0.2) is 9.78 Å². The SMILES string of the molecule is COCc1nc2ccccc2c(C)c1C(=O)OCC(=O)NC1CCCCCC1. The number of carbonyl (C=O) groups excluding carboxylic acids is 2. The highest BCUT2D eigenvalue weighted by molar-refractivity contribution is 5.99. The number of hydrogen-bond acceptors (Lipinski definition) is 5. The van der Waals surface area contributed by atoms with Crippen LogP contribution in [0.25, 0.3) is 10.9 Å². The molecule has 1 aromatic carbocycles. The van der Waals surface area contributed by atoms with E-state index >= 15 is 0 Å². The number of aromatic nitrogens is 1. The Bertz CT molecular complexity index is 842. The first kappa shape index (κ1) is 20.3. The first-order valence-electron chi connectivity index (χ1n) is 9.93. The molecule has 0 aliphatic heterocycles. The number of hydrogen-bond donors (Lipinski definition) is 1. The van der Waals surface area contributed by atoms with Crippen LogP contribution in [0.2, 0.25) is 0 Å². The van der Waals surface area contributed by atoms with Gasteiger partial charge in [-0.3, -0.25) is 4.79 Å². The fraction of sp³-hybridized carbons (Fsp3) is 0.500. The van der Waals surface area contributed by atoms with E-state index in [1.54, 1.807) is 7.11 Å². The van der Waals surface area contributed by atoms with Gasteiger partial charge in [0.15, 0.2) is 6.61 Å². The molecule has 0 radical (unpaired) electrons. The zero-order valence-electron chi connectivity index (χ0n) is 16.6. The summed E-state index contributed by atoms with van der Waals surface area (Å²) in [7, 11) is 1.56. The number of nitrogens with zero attached hydrogens (tertiary/aromatic N) is 1. The van der Waals surface area contributed by atoms with E-state index in [0.29, 0.717) is 11.3 Å². The summed E-state index contributed by atoms with van der Waals surface area (Å²) in [5.74, 6) is -0.793. The normalized spacial score (nSPS) is 15.2. The van der Waals surface area contributed by atoms with E-state index in [4.69, 9.17) is 9.47 Å². The third-order valence-electron chi connectivity index (χ3n) is 5.27. The standard InChI is InChI=1S/C22H28N2O4/c1-15-17-11-7-8-12-18(17)24-19(13-27-2)21(15)22(26)28-14-20(25)23-16-9-5-3-4-6-10-16/h7-8,11-12,16H,3-6,9-10,13-14H2,1-2H3,(H,23,25). The molecule has 0 saturated heterocycles. The topological polar surface area (TPSA) is 77.5 Å². The van der Waals surface area contributed by atoms with Crippen LogP contribution < -0.4 is 5.32 Å². The average molecular weight is 384 g/mol. The minimum atomic E-state index is -0.543. The maximum absolute atomic E-state index is 12.8. The second kappa shape index (κ2) is 9.64. The minimum absolute atomic E-state index is 0.182. The first-order valence-corrected chi connectivity index (χ1v) is 9.93. The smallest absolute Gasteiger partial charge is 0.340 e. The van der Waals surface area contributed by atoms with Crippen molar-refractivity contribution in [1.29, 1.82) is 0 Å². The van der Waals surface area contributed by atoms with Gasteiger partial charge < -0.3 is 14.8 Å². The first-order chi connectivity index (χ1) is 13.6. The molecule has 0 unspecified atom stereocenters. The molecule has 6 nitrogen and oxygen atoms in total. The molecule has 150 valence electrons. The molecular weight excluding hydrogens is 356 g/mol. The molecule has 0 bridgehead atoms. The molecule has 1 aromatic heterocycles. The highest BCUT2D eigenvalue weighted by atomic mass is 16.5. The third kappa shape index (κ3) is 4.87. The predicted molar refractivity (Wildman–Crippen MR) is 107 cm³/mol. The Labute approximate surface area is 165 Å². The second-order valence-electron chi connectivity index (χ2n) is 7.34. The summed E-state index contributed by atoms with van der Waals surface area (Å²) in [6, 6.07) is 7.81. The van der Waals surface area contributed by atoms with Crippen molar-refractivity contribution in [2.24, 2.45) is 0 Å². The molecule has 1 amide bonds. The van der Waals surface area contributed by atoms with Gasteiger partial charge in [0.05, 0.1) is 23.4 Å². The van der Waals surface area contributed by atoms with Crippen LogP contribution in [0.15, 0.2) is 24.3 Å². The number of esters is 1. The number of nitrogens with one attached hydrogen (secondary N) is 1. The summed E-state index contributed by atoms with van der Waals surface area (Å²) in [5.41, 5.74) is 2.48. The fourth-order valence-corrected chi connectivity index (χ4v) is 3.85. The summed E-state index contributed by atoms with van der Waals surface area (Å²) in [6.07, 6.45) is 6.69. The van der Waals surface area contributed by atoms with Gasteiger partial charge in [0.25, 0.3) is 5.91 Å². The van der Waals surface area contributed by atoms with Crippen LogP contribution in [0.1, 0.15) is 60.1 Å². The monoisotopic (exact) mass is 384 g/mol. The van der Waals surface area contributed by atoms with Gasteiger partial charge in [0.2, 0.25) is 0 Å². The average Bonchev–Trinajstić information content (AvgIpc) is 2.95. The Balaban J connectivity index is 1.70. The number of aryl methyl sites for hydroxylation is 1. The number of pyridine rings is 1. The Hall–Kier alpha value is -2.47. The van der Waals surface area contributed by atoms with Crippen LogP contribution in [0, 0.1) is 6.92 Å². The summed E-state index contributed by atoms with van der Waals surface area (Å²) in [5, 5.41) is 3.88. The number of fused-ring (bicyclic) bond motifs is 1. The van der Waals surface area contributed by atoms with Crippen molar-refractivity contribution in [1.82, 2.24) is 10.3 Å². The molecule has 1 N–H and O–H groups in total. The molecule has 1 heterocycles. The molecule has 3 rings (SSSR count). The number of para-hydroxylation sites is 1. The second-order valence-corrected chi connectivity index (χ2v) is 7.34. The summed E-state index contributed by atoms with van der Waals surface area (Å²) >= 11 is 0. The molecule has 0 spiro atoms. The van der Waals surface area contributed by atoms with E-state index in [1.165, 1.54) is 12.8 Å². The van der Waals surface area contributed by atoms with Gasteiger partial charge in [-0.05, 0) is 31.4 Å². The van der Waals surface area contributed by atoms with Crippen molar-refractivity contribution in [3.63, 3.8) is 0 Å². The van der Waals surface area contributed by atoms with Crippen LogP contribution >= 0.6 is 0 Å². The van der Waals surface area contributed by atoms with Crippen LogP contribution in [-0.4, -0.2) is 36.6 Å². The van der Waals surface area contributed by atoms with E-state index in [0.717, 1.165) is 42.1 Å². The molecular formula is C22H28N2O4. The number of ether oxygens (including phenoxy) is 2. The number of rotatable bonds is 6. The van der Waals surface area contributed by atoms with E-state index in [-0.39, 0.29) is 25.2 Å². The van der Waals surface area contributed by atoms with Crippen molar-refractivity contribution in [2.45, 2.75) is 58.1 Å². The lowest BCUT2D eigenvalue weighted by Crippen LogP contribution is -2.37. The van der Waals surface area contributed by atoms with Gasteiger partial charge in [-0.15, -0.1) is 0 Å². The van der Waals surface area contributed by atoms with Crippen molar-refractivity contribution in [3.8, 4) is 0 Å². The molecule has 2 aromatic rings. The molecule has 1 fully saturated rings. The van der Waals surface area contributed by atoms with Gasteiger partial charge in [0.1, 0.15) is 0 Å². The van der Waals surface area contributed by atoms with Crippen LogP contribution in [-0.2, 0) is 20.9 Å². The lowest BCUT2D eigenvalue weighted by Gasteiger charge is -2.17. The summed E-state index contributed by atoms with van der Waals surface area (Å²) in [4.78, 5) is 29.5. The number of carbonyl (C=O) groups is 2. The lowest BCUT2D eigenvalue weighted by molar-refractivity contribution is -0.125. The quantitative estimate of drug-likeness (QED) is 0.607. The van der Waals surface area contributed by atoms with E-state index in [9.17, 15) is 9.59 Å². The van der Waals surface area contributed by atoms with Crippen molar-refractivity contribution in [2.75, 3.05) is 13.7 Å². The van der Waals surface area contributed by atoms with Crippen LogP contribution in [0.5, 0.6) is 0 Å². The molecule has 0 atom stereocenters. The molecule has 1 saturated carbocycles. The van der Waals surface area contributed by atoms with Gasteiger partial charge >= 0.3 is 5.97 Å². The fourth-order valence-electron chi connectivity index (χ4n) is 3.85. The molecule has 1 aliphatic carbocycles. The van der Waals surface area contributed by atoms with E-state index in [1.807, 2.05) is 31.2 Å². The van der Waals surface area contributed by atoms with Gasteiger partial charge in [0, 0.05) is 18.5 Å².